The fourth-order valence-corrected chi connectivity index (χ4v) is 3.26. The molecule has 0 spiro atoms. The van der Waals surface area contributed by atoms with Gasteiger partial charge in [-0.1, -0.05) is 29.3 Å². The summed E-state index contributed by atoms with van der Waals surface area (Å²) in [5.74, 6) is 0.407. The first kappa shape index (κ1) is 16.1. The van der Waals surface area contributed by atoms with Gasteiger partial charge in [-0.2, -0.15) is 0 Å². The van der Waals surface area contributed by atoms with E-state index in [4.69, 9.17) is 9.84 Å². The third kappa shape index (κ3) is 4.60. The normalized spacial score (nSPS) is 22.4. The number of carbonyl (C=O) groups is 1. The molecule has 1 aromatic rings. The average Bonchev–Trinajstić information content (AvgIpc) is 2.48. The molecule has 1 saturated carbocycles. The summed E-state index contributed by atoms with van der Waals surface area (Å²) in [4.78, 5) is 10.7. The van der Waals surface area contributed by atoms with Crippen LogP contribution < -0.4 is 4.74 Å². The second-order valence-corrected chi connectivity index (χ2v) is 6.38. The van der Waals surface area contributed by atoms with Gasteiger partial charge in [0.1, 0.15) is 11.9 Å². The van der Waals surface area contributed by atoms with E-state index < -0.39 is 5.97 Å². The SMILES string of the molecule is CCC1CCCCC1Oc1ccc(Br)cc1C=CC(=O)O. The zero-order valence-corrected chi connectivity index (χ0v) is 13.8. The predicted octanol–water partition coefficient (Wildman–Crippen LogP) is 4.89. The van der Waals surface area contributed by atoms with Crippen molar-refractivity contribution in [2.75, 3.05) is 0 Å². The third-order valence-corrected chi connectivity index (χ3v) is 4.51. The standard InChI is InChI=1S/C17H21BrO3/c1-2-12-5-3-4-6-15(12)21-16-9-8-14(18)11-13(16)7-10-17(19)20/h7-12,15H,2-6H2,1H3,(H,19,20). The lowest BCUT2D eigenvalue weighted by atomic mass is 9.84. The van der Waals surface area contributed by atoms with Crippen molar-refractivity contribution in [2.45, 2.75) is 45.1 Å². The average molecular weight is 353 g/mol. The number of halogens is 1. The molecule has 1 fully saturated rings. The topological polar surface area (TPSA) is 46.5 Å². The van der Waals surface area contributed by atoms with Crippen molar-refractivity contribution in [1.82, 2.24) is 0 Å². The molecule has 3 nitrogen and oxygen atoms in total. The van der Waals surface area contributed by atoms with Crippen molar-refractivity contribution in [1.29, 1.82) is 0 Å². The van der Waals surface area contributed by atoms with E-state index in [-0.39, 0.29) is 6.10 Å². The summed E-state index contributed by atoms with van der Waals surface area (Å²) in [6.07, 6.45) is 8.89. The van der Waals surface area contributed by atoms with Crippen LogP contribution in [0.3, 0.4) is 0 Å². The summed E-state index contributed by atoms with van der Waals surface area (Å²) in [6.45, 7) is 2.21. The fourth-order valence-electron chi connectivity index (χ4n) is 2.88. The summed E-state index contributed by atoms with van der Waals surface area (Å²) in [5, 5.41) is 8.80. The number of carboxylic acids is 1. The van der Waals surface area contributed by atoms with Gasteiger partial charge in [-0.3, -0.25) is 0 Å². The number of benzene rings is 1. The second kappa shape index (κ2) is 7.64. The van der Waals surface area contributed by atoms with Gasteiger partial charge in [0.15, 0.2) is 0 Å². The zero-order chi connectivity index (χ0) is 15.2. The van der Waals surface area contributed by atoms with E-state index >= 15 is 0 Å². The van der Waals surface area contributed by atoms with E-state index in [1.165, 1.54) is 19.3 Å². The molecule has 0 aromatic heterocycles. The third-order valence-electron chi connectivity index (χ3n) is 4.02. The van der Waals surface area contributed by atoms with Gasteiger partial charge in [-0.25, -0.2) is 4.79 Å². The highest BCUT2D eigenvalue weighted by atomic mass is 79.9. The van der Waals surface area contributed by atoms with Gasteiger partial charge < -0.3 is 9.84 Å². The molecule has 1 aliphatic rings. The Morgan fingerprint density at radius 3 is 2.90 bits per heavy atom. The minimum absolute atomic E-state index is 0.238. The fraction of sp³-hybridized carbons (Fsp3) is 0.471. The van der Waals surface area contributed by atoms with Gasteiger partial charge in [-0.15, -0.1) is 0 Å². The minimum atomic E-state index is -0.954. The molecule has 2 unspecified atom stereocenters. The molecule has 114 valence electrons. The molecule has 2 rings (SSSR count). The highest BCUT2D eigenvalue weighted by molar-refractivity contribution is 9.10. The quantitative estimate of drug-likeness (QED) is 0.767. The van der Waals surface area contributed by atoms with Crippen LogP contribution in [-0.2, 0) is 4.79 Å². The Morgan fingerprint density at radius 1 is 1.43 bits per heavy atom. The maximum atomic E-state index is 10.7. The number of hydrogen-bond donors (Lipinski definition) is 1. The number of ether oxygens (including phenoxy) is 1. The van der Waals surface area contributed by atoms with Crippen LogP contribution in [0.15, 0.2) is 28.7 Å². The van der Waals surface area contributed by atoms with E-state index in [1.807, 2.05) is 18.2 Å². The van der Waals surface area contributed by atoms with Crippen molar-refractivity contribution in [2.24, 2.45) is 5.92 Å². The Morgan fingerprint density at radius 2 is 2.19 bits per heavy atom. The summed E-state index contributed by atoms with van der Waals surface area (Å²) in [7, 11) is 0. The van der Waals surface area contributed by atoms with Crippen molar-refractivity contribution < 1.29 is 14.6 Å². The largest absolute Gasteiger partial charge is 0.490 e. The van der Waals surface area contributed by atoms with Crippen LogP contribution in [0.4, 0.5) is 0 Å². The van der Waals surface area contributed by atoms with Crippen molar-refractivity contribution in [3.63, 3.8) is 0 Å². The van der Waals surface area contributed by atoms with Crippen LogP contribution in [0.1, 0.15) is 44.6 Å². The molecular formula is C17H21BrO3. The highest BCUT2D eigenvalue weighted by Gasteiger charge is 2.25. The first-order valence-electron chi connectivity index (χ1n) is 7.47. The molecule has 1 N–H and O–H groups in total. The molecular weight excluding hydrogens is 332 g/mol. The van der Waals surface area contributed by atoms with Crippen LogP contribution in [0, 0.1) is 5.92 Å². The molecule has 0 aliphatic heterocycles. The minimum Gasteiger partial charge on any atom is -0.490 e. The van der Waals surface area contributed by atoms with Crippen LogP contribution in [-0.4, -0.2) is 17.2 Å². The highest BCUT2D eigenvalue weighted by Crippen LogP contribution is 2.33. The van der Waals surface area contributed by atoms with Crippen LogP contribution in [0.5, 0.6) is 5.75 Å². The van der Waals surface area contributed by atoms with E-state index in [0.29, 0.717) is 5.92 Å². The lowest BCUT2D eigenvalue weighted by molar-refractivity contribution is -0.131. The van der Waals surface area contributed by atoms with Gasteiger partial charge in [0.25, 0.3) is 0 Å². The van der Waals surface area contributed by atoms with E-state index in [9.17, 15) is 4.79 Å². The molecule has 0 amide bonds. The Hall–Kier alpha value is -1.29. The van der Waals surface area contributed by atoms with E-state index in [1.54, 1.807) is 6.08 Å². The maximum Gasteiger partial charge on any atom is 0.328 e. The van der Waals surface area contributed by atoms with Gasteiger partial charge >= 0.3 is 5.97 Å². The number of hydrogen-bond acceptors (Lipinski definition) is 2. The molecule has 0 saturated heterocycles. The first-order valence-corrected chi connectivity index (χ1v) is 8.26. The smallest absolute Gasteiger partial charge is 0.328 e. The van der Waals surface area contributed by atoms with E-state index in [2.05, 4.69) is 22.9 Å². The van der Waals surface area contributed by atoms with Gasteiger partial charge in [-0.05, 0) is 55.9 Å². The van der Waals surface area contributed by atoms with Crippen LogP contribution in [0.25, 0.3) is 6.08 Å². The van der Waals surface area contributed by atoms with Crippen LogP contribution >= 0.6 is 15.9 Å². The van der Waals surface area contributed by atoms with Crippen LogP contribution in [0.2, 0.25) is 0 Å². The number of aliphatic carboxylic acids is 1. The molecule has 1 aliphatic carbocycles. The second-order valence-electron chi connectivity index (χ2n) is 5.46. The Bertz CT molecular complexity index is 525. The van der Waals surface area contributed by atoms with E-state index in [0.717, 1.165) is 34.7 Å². The number of rotatable bonds is 5. The van der Waals surface area contributed by atoms with Crippen molar-refractivity contribution in [3.05, 3.63) is 34.3 Å². The Kier molecular flexibility index (Phi) is 5.85. The molecule has 1 aromatic carbocycles. The summed E-state index contributed by atoms with van der Waals surface area (Å²) < 4.78 is 7.12. The van der Waals surface area contributed by atoms with Crippen molar-refractivity contribution >= 4 is 28.0 Å². The molecule has 4 heteroatoms. The lowest BCUT2D eigenvalue weighted by Crippen LogP contribution is -2.30. The monoisotopic (exact) mass is 352 g/mol. The van der Waals surface area contributed by atoms with Gasteiger partial charge in [0, 0.05) is 16.1 Å². The summed E-state index contributed by atoms with van der Waals surface area (Å²) in [5.41, 5.74) is 0.798. The summed E-state index contributed by atoms with van der Waals surface area (Å²) >= 11 is 3.42. The predicted molar refractivity (Wildman–Crippen MR) is 87.5 cm³/mol. The zero-order valence-electron chi connectivity index (χ0n) is 12.2. The molecule has 2 atom stereocenters. The van der Waals surface area contributed by atoms with Gasteiger partial charge in [0.05, 0.1) is 0 Å². The Labute approximate surface area is 134 Å². The molecule has 0 heterocycles. The Balaban J connectivity index is 2.20. The summed E-state index contributed by atoms with van der Waals surface area (Å²) in [6, 6.07) is 5.72. The molecule has 0 bridgehead atoms. The lowest BCUT2D eigenvalue weighted by Gasteiger charge is -2.31. The first-order chi connectivity index (χ1) is 10.1. The number of carboxylic acid groups (broad SMARTS) is 1. The molecule has 21 heavy (non-hydrogen) atoms. The maximum absolute atomic E-state index is 10.7. The van der Waals surface area contributed by atoms with Gasteiger partial charge in [0.2, 0.25) is 0 Å². The molecule has 0 radical (unpaired) electrons. The van der Waals surface area contributed by atoms with Crippen molar-refractivity contribution in [3.8, 4) is 5.75 Å².